The van der Waals surface area contributed by atoms with Gasteiger partial charge in [0.25, 0.3) is 5.56 Å². The van der Waals surface area contributed by atoms with E-state index in [9.17, 15) is 4.79 Å². The monoisotopic (exact) mass is 376 g/mol. The van der Waals surface area contributed by atoms with Crippen molar-refractivity contribution in [1.29, 1.82) is 0 Å². The van der Waals surface area contributed by atoms with Gasteiger partial charge in [0, 0.05) is 10.4 Å². The van der Waals surface area contributed by atoms with Crippen molar-refractivity contribution in [1.82, 2.24) is 9.97 Å². The lowest BCUT2D eigenvalue weighted by molar-refractivity contribution is 0.309. The standard InChI is InChI=1S/C22H20N2O2S/c1-2-3-13-26-17-11-9-16(10-12-17)20-23-21(25)18-14-19(27-22(18)24-20)15-7-5-4-6-8-15/h4-12,14H,2-3,13H2,1H3,(H,23,24,25). The zero-order valence-corrected chi connectivity index (χ0v) is 15.9. The first kappa shape index (κ1) is 17.5. The highest BCUT2D eigenvalue weighted by Gasteiger charge is 2.11. The minimum absolute atomic E-state index is 0.114. The average molecular weight is 376 g/mol. The van der Waals surface area contributed by atoms with Crippen molar-refractivity contribution in [3.05, 3.63) is 71.0 Å². The van der Waals surface area contributed by atoms with Crippen molar-refractivity contribution >= 4 is 21.6 Å². The lowest BCUT2D eigenvalue weighted by atomic mass is 10.2. The molecule has 0 radical (unpaired) electrons. The second kappa shape index (κ2) is 7.76. The first-order chi connectivity index (χ1) is 13.2. The highest BCUT2D eigenvalue weighted by molar-refractivity contribution is 7.21. The predicted octanol–water partition coefficient (Wildman–Crippen LogP) is 5.50. The van der Waals surface area contributed by atoms with Crippen LogP contribution >= 0.6 is 11.3 Å². The molecular formula is C22H20N2O2S. The van der Waals surface area contributed by atoms with Crippen molar-refractivity contribution in [3.63, 3.8) is 0 Å². The lowest BCUT2D eigenvalue weighted by Crippen LogP contribution is -2.07. The lowest BCUT2D eigenvalue weighted by Gasteiger charge is -2.06. The molecule has 4 rings (SSSR count). The molecular weight excluding hydrogens is 356 g/mol. The molecule has 0 spiro atoms. The Balaban J connectivity index is 1.66. The molecule has 2 aromatic carbocycles. The normalized spacial score (nSPS) is 11.0. The SMILES string of the molecule is CCCCOc1ccc(-c2nc3sc(-c4ccccc4)cc3c(=O)[nH]2)cc1. The summed E-state index contributed by atoms with van der Waals surface area (Å²) in [5.41, 5.74) is 1.85. The Labute approximate surface area is 161 Å². The van der Waals surface area contributed by atoms with E-state index in [-0.39, 0.29) is 5.56 Å². The van der Waals surface area contributed by atoms with Gasteiger partial charge in [0.2, 0.25) is 0 Å². The molecule has 27 heavy (non-hydrogen) atoms. The fourth-order valence-electron chi connectivity index (χ4n) is 2.86. The van der Waals surface area contributed by atoms with E-state index < -0.39 is 0 Å². The Hall–Kier alpha value is -2.92. The average Bonchev–Trinajstić information content (AvgIpc) is 3.14. The number of thiophene rings is 1. The number of hydrogen-bond donors (Lipinski definition) is 1. The maximum Gasteiger partial charge on any atom is 0.259 e. The van der Waals surface area contributed by atoms with E-state index >= 15 is 0 Å². The summed E-state index contributed by atoms with van der Waals surface area (Å²) in [5.74, 6) is 1.41. The van der Waals surface area contributed by atoms with Crippen molar-refractivity contribution in [3.8, 4) is 27.6 Å². The van der Waals surface area contributed by atoms with E-state index in [1.807, 2.05) is 60.7 Å². The Morgan fingerprint density at radius 3 is 2.56 bits per heavy atom. The van der Waals surface area contributed by atoms with E-state index in [0.717, 1.165) is 39.4 Å². The fraction of sp³-hybridized carbons (Fsp3) is 0.182. The van der Waals surface area contributed by atoms with Gasteiger partial charge < -0.3 is 9.72 Å². The maximum atomic E-state index is 12.5. The number of nitrogens with one attached hydrogen (secondary N) is 1. The first-order valence-electron chi connectivity index (χ1n) is 9.07. The number of ether oxygens (including phenoxy) is 1. The van der Waals surface area contributed by atoms with Crippen LogP contribution in [0.1, 0.15) is 19.8 Å². The zero-order chi connectivity index (χ0) is 18.6. The van der Waals surface area contributed by atoms with Crippen LogP contribution < -0.4 is 10.3 Å². The van der Waals surface area contributed by atoms with Crippen LogP contribution in [0.5, 0.6) is 5.75 Å². The molecule has 2 heterocycles. The van der Waals surface area contributed by atoms with Crippen molar-refractivity contribution in [2.75, 3.05) is 6.61 Å². The van der Waals surface area contributed by atoms with Gasteiger partial charge in [-0.15, -0.1) is 11.3 Å². The van der Waals surface area contributed by atoms with Gasteiger partial charge in [-0.05, 0) is 42.3 Å². The summed E-state index contributed by atoms with van der Waals surface area (Å²) in [6, 6.07) is 19.6. The molecule has 0 aliphatic heterocycles. The minimum Gasteiger partial charge on any atom is -0.494 e. The molecule has 1 N–H and O–H groups in total. The van der Waals surface area contributed by atoms with Crippen molar-refractivity contribution < 1.29 is 4.74 Å². The van der Waals surface area contributed by atoms with E-state index in [1.54, 1.807) is 0 Å². The van der Waals surface area contributed by atoms with Crippen LogP contribution in [0, 0.1) is 0 Å². The molecule has 0 saturated carbocycles. The van der Waals surface area contributed by atoms with Gasteiger partial charge >= 0.3 is 0 Å². The van der Waals surface area contributed by atoms with Crippen LogP contribution in [-0.4, -0.2) is 16.6 Å². The zero-order valence-electron chi connectivity index (χ0n) is 15.1. The summed E-state index contributed by atoms with van der Waals surface area (Å²) in [6.07, 6.45) is 2.14. The third kappa shape index (κ3) is 3.78. The maximum absolute atomic E-state index is 12.5. The molecule has 0 aliphatic carbocycles. The van der Waals surface area contributed by atoms with Gasteiger partial charge in [-0.25, -0.2) is 4.98 Å². The van der Waals surface area contributed by atoms with Gasteiger partial charge in [0.15, 0.2) is 0 Å². The Morgan fingerprint density at radius 1 is 1.04 bits per heavy atom. The molecule has 0 amide bonds. The minimum atomic E-state index is -0.114. The Morgan fingerprint density at radius 2 is 1.81 bits per heavy atom. The van der Waals surface area contributed by atoms with E-state index in [2.05, 4.69) is 16.9 Å². The molecule has 4 nitrogen and oxygen atoms in total. The molecule has 0 unspecified atom stereocenters. The molecule has 0 saturated heterocycles. The third-order valence-corrected chi connectivity index (χ3v) is 5.43. The molecule has 0 fully saturated rings. The number of rotatable bonds is 6. The molecule has 5 heteroatoms. The van der Waals surface area contributed by atoms with E-state index in [4.69, 9.17) is 4.74 Å². The summed E-state index contributed by atoms with van der Waals surface area (Å²) in [4.78, 5) is 21.9. The van der Waals surface area contributed by atoms with Crippen molar-refractivity contribution in [2.24, 2.45) is 0 Å². The highest BCUT2D eigenvalue weighted by atomic mass is 32.1. The Bertz CT molecular complexity index is 1100. The Kier molecular flexibility index (Phi) is 5.03. The van der Waals surface area contributed by atoms with Crippen LogP contribution in [0.2, 0.25) is 0 Å². The second-order valence-electron chi connectivity index (χ2n) is 6.34. The molecule has 4 aromatic rings. The number of benzene rings is 2. The molecule has 2 aromatic heterocycles. The summed E-state index contributed by atoms with van der Waals surface area (Å²) in [7, 11) is 0. The smallest absolute Gasteiger partial charge is 0.259 e. The van der Waals surface area contributed by atoms with E-state index in [1.165, 1.54) is 11.3 Å². The van der Waals surface area contributed by atoms with Gasteiger partial charge in [-0.3, -0.25) is 4.79 Å². The first-order valence-corrected chi connectivity index (χ1v) is 9.89. The summed E-state index contributed by atoms with van der Waals surface area (Å²) >= 11 is 1.53. The van der Waals surface area contributed by atoms with Crippen LogP contribution in [0.4, 0.5) is 0 Å². The largest absolute Gasteiger partial charge is 0.494 e. The topological polar surface area (TPSA) is 55.0 Å². The van der Waals surface area contributed by atoms with Crippen LogP contribution in [0.25, 0.3) is 32.0 Å². The van der Waals surface area contributed by atoms with Crippen LogP contribution in [0.15, 0.2) is 65.5 Å². The van der Waals surface area contributed by atoms with Gasteiger partial charge in [-0.2, -0.15) is 0 Å². The highest BCUT2D eigenvalue weighted by Crippen LogP contribution is 2.31. The molecule has 136 valence electrons. The molecule has 0 aliphatic rings. The predicted molar refractivity (Wildman–Crippen MR) is 112 cm³/mol. The van der Waals surface area contributed by atoms with E-state index in [0.29, 0.717) is 17.8 Å². The van der Waals surface area contributed by atoms with Gasteiger partial charge in [-0.1, -0.05) is 43.7 Å². The molecule has 0 atom stereocenters. The number of aromatic nitrogens is 2. The number of unbranched alkanes of at least 4 members (excludes halogenated alkanes) is 1. The van der Waals surface area contributed by atoms with Crippen molar-refractivity contribution in [2.45, 2.75) is 19.8 Å². The molecule has 0 bridgehead atoms. The number of fused-ring (bicyclic) bond motifs is 1. The van der Waals surface area contributed by atoms with Gasteiger partial charge in [0.05, 0.1) is 12.0 Å². The number of hydrogen-bond acceptors (Lipinski definition) is 4. The van der Waals surface area contributed by atoms with Crippen LogP contribution in [0.3, 0.4) is 0 Å². The number of nitrogens with zero attached hydrogens (tertiary/aromatic N) is 1. The second-order valence-corrected chi connectivity index (χ2v) is 7.37. The third-order valence-electron chi connectivity index (χ3n) is 4.36. The summed E-state index contributed by atoms with van der Waals surface area (Å²) in [5, 5.41) is 0.627. The summed E-state index contributed by atoms with van der Waals surface area (Å²) < 4.78 is 5.69. The summed E-state index contributed by atoms with van der Waals surface area (Å²) in [6.45, 7) is 2.85. The number of aromatic amines is 1. The van der Waals surface area contributed by atoms with Crippen LogP contribution in [-0.2, 0) is 0 Å². The number of H-pyrrole nitrogens is 1. The van der Waals surface area contributed by atoms with Gasteiger partial charge in [0.1, 0.15) is 16.4 Å². The quantitative estimate of drug-likeness (QED) is 0.452. The fourth-order valence-corrected chi connectivity index (χ4v) is 3.89.